The summed E-state index contributed by atoms with van der Waals surface area (Å²) in [5.41, 5.74) is 9.34. The van der Waals surface area contributed by atoms with Crippen molar-refractivity contribution >= 4 is 15.9 Å². The van der Waals surface area contributed by atoms with Crippen LogP contribution in [0.1, 0.15) is 22.8 Å². The lowest BCUT2D eigenvalue weighted by Crippen LogP contribution is -2.22. The average molecular weight is 348 g/mol. The van der Waals surface area contributed by atoms with E-state index in [4.69, 9.17) is 15.2 Å². The summed E-state index contributed by atoms with van der Waals surface area (Å²) in [5.74, 6) is 0.812. The Hall–Kier alpha value is -1.36. The molecule has 0 amide bonds. The molecule has 0 saturated carbocycles. The number of benzene rings is 2. The van der Waals surface area contributed by atoms with Crippen LogP contribution in [0.3, 0.4) is 0 Å². The van der Waals surface area contributed by atoms with Gasteiger partial charge in [0.1, 0.15) is 18.5 Å². The van der Waals surface area contributed by atoms with Gasteiger partial charge in [0, 0.05) is 12.1 Å². The molecule has 0 saturated heterocycles. The number of hydrogen-bond acceptors (Lipinski definition) is 3. The SMILES string of the molecule is NCc1cccc(Br)c1OCC1OCCc2ccccc21. The van der Waals surface area contributed by atoms with E-state index in [9.17, 15) is 0 Å². The number of hydrogen-bond donors (Lipinski definition) is 1. The van der Waals surface area contributed by atoms with Crippen LogP contribution in [0.25, 0.3) is 0 Å². The van der Waals surface area contributed by atoms with Gasteiger partial charge in [-0.15, -0.1) is 0 Å². The molecule has 110 valence electrons. The van der Waals surface area contributed by atoms with E-state index in [1.165, 1.54) is 11.1 Å². The smallest absolute Gasteiger partial charge is 0.138 e. The van der Waals surface area contributed by atoms with E-state index in [-0.39, 0.29) is 6.10 Å². The van der Waals surface area contributed by atoms with Crippen LogP contribution in [0.15, 0.2) is 46.9 Å². The highest BCUT2D eigenvalue weighted by Gasteiger charge is 2.21. The van der Waals surface area contributed by atoms with Gasteiger partial charge in [-0.2, -0.15) is 0 Å². The van der Waals surface area contributed by atoms with Crippen molar-refractivity contribution in [3.05, 3.63) is 63.6 Å². The summed E-state index contributed by atoms with van der Waals surface area (Å²) in [6.45, 7) is 1.69. The van der Waals surface area contributed by atoms with Gasteiger partial charge in [-0.1, -0.05) is 36.4 Å². The van der Waals surface area contributed by atoms with Crippen molar-refractivity contribution < 1.29 is 9.47 Å². The average Bonchev–Trinajstić information content (AvgIpc) is 2.53. The number of nitrogens with two attached hydrogens (primary N) is 1. The van der Waals surface area contributed by atoms with Crippen molar-refractivity contribution in [3.63, 3.8) is 0 Å². The maximum atomic E-state index is 6.00. The Bertz CT molecular complexity index is 630. The van der Waals surface area contributed by atoms with Gasteiger partial charge in [-0.3, -0.25) is 0 Å². The third-order valence-corrected chi connectivity index (χ3v) is 4.36. The molecule has 21 heavy (non-hydrogen) atoms. The molecule has 1 unspecified atom stereocenters. The third-order valence-electron chi connectivity index (χ3n) is 3.74. The normalized spacial score (nSPS) is 17.3. The van der Waals surface area contributed by atoms with Crippen molar-refractivity contribution in [1.29, 1.82) is 0 Å². The van der Waals surface area contributed by atoms with E-state index in [0.29, 0.717) is 13.2 Å². The van der Waals surface area contributed by atoms with E-state index in [2.05, 4.69) is 34.1 Å². The minimum Gasteiger partial charge on any atom is -0.489 e. The molecule has 1 atom stereocenters. The fourth-order valence-electron chi connectivity index (χ4n) is 2.65. The molecule has 0 radical (unpaired) electrons. The largest absolute Gasteiger partial charge is 0.489 e. The molecule has 4 heteroatoms. The number of ether oxygens (including phenoxy) is 2. The van der Waals surface area contributed by atoms with E-state index < -0.39 is 0 Å². The lowest BCUT2D eigenvalue weighted by molar-refractivity contribution is 0.00982. The highest BCUT2D eigenvalue weighted by Crippen LogP contribution is 2.32. The highest BCUT2D eigenvalue weighted by atomic mass is 79.9. The first-order chi connectivity index (χ1) is 10.3. The molecule has 0 spiro atoms. The molecule has 3 nitrogen and oxygen atoms in total. The Balaban J connectivity index is 1.78. The predicted molar refractivity (Wildman–Crippen MR) is 86.4 cm³/mol. The van der Waals surface area contributed by atoms with Gasteiger partial charge in [0.2, 0.25) is 0 Å². The van der Waals surface area contributed by atoms with Crippen molar-refractivity contribution in [2.45, 2.75) is 19.1 Å². The maximum absolute atomic E-state index is 6.00. The number of para-hydroxylation sites is 1. The zero-order valence-corrected chi connectivity index (χ0v) is 13.3. The van der Waals surface area contributed by atoms with Crippen LogP contribution in [0.2, 0.25) is 0 Å². The molecule has 0 aliphatic carbocycles. The lowest BCUT2D eigenvalue weighted by Gasteiger charge is -2.26. The number of rotatable bonds is 4. The van der Waals surface area contributed by atoms with Crippen LogP contribution < -0.4 is 10.5 Å². The summed E-state index contributed by atoms with van der Waals surface area (Å²) in [5, 5.41) is 0. The molecule has 1 aliphatic heterocycles. The first-order valence-corrected chi connectivity index (χ1v) is 7.88. The second-order valence-corrected chi connectivity index (χ2v) is 5.91. The molecule has 1 heterocycles. The summed E-state index contributed by atoms with van der Waals surface area (Å²) >= 11 is 3.52. The Kier molecular flexibility index (Phi) is 4.58. The molecule has 3 rings (SSSR count). The minimum atomic E-state index is -0.0207. The van der Waals surface area contributed by atoms with Crippen LogP contribution >= 0.6 is 15.9 Å². The summed E-state index contributed by atoms with van der Waals surface area (Å²) in [4.78, 5) is 0. The molecule has 2 N–H and O–H groups in total. The van der Waals surface area contributed by atoms with Crippen molar-refractivity contribution in [2.75, 3.05) is 13.2 Å². The van der Waals surface area contributed by atoms with Gasteiger partial charge < -0.3 is 15.2 Å². The zero-order valence-electron chi connectivity index (χ0n) is 11.7. The maximum Gasteiger partial charge on any atom is 0.138 e. The van der Waals surface area contributed by atoms with Gasteiger partial charge in [-0.05, 0) is 39.5 Å². The summed E-state index contributed by atoms with van der Waals surface area (Å²) in [6.07, 6.45) is 0.947. The summed E-state index contributed by atoms with van der Waals surface area (Å²) in [6, 6.07) is 14.3. The second-order valence-electron chi connectivity index (χ2n) is 5.05. The molecule has 0 fully saturated rings. The van der Waals surface area contributed by atoms with Gasteiger partial charge in [0.15, 0.2) is 0 Å². The van der Waals surface area contributed by atoms with Gasteiger partial charge >= 0.3 is 0 Å². The van der Waals surface area contributed by atoms with Crippen LogP contribution in [-0.4, -0.2) is 13.2 Å². The van der Waals surface area contributed by atoms with E-state index in [0.717, 1.165) is 28.8 Å². The topological polar surface area (TPSA) is 44.5 Å². The zero-order chi connectivity index (χ0) is 14.7. The monoisotopic (exact) mass is 347 g/mol. The number of halogens is 1. The predicted octanol–water partition coefficient (Wildman–Crippen LogP) is 3.60. The van der Waals surface area contributed by atoms with Gasteiger partial charge in [0.25, 0.3) is 0 Å². The number of fused-ring (bicyclic) bond motifs is 1. The Morgan fingerprint density at radius 3 is 2.90 bits per heavy atom. The quantitative estimate of drug-likeness (QED) is 0.918. The highest BCUT2D eigenvalue weighted by molar-refractivity contribution is 9.10. The van der Waals surface area contributed by atoms with Crippen LogP contribution in [0.5, 0.6) is 5.75 Å². The second kappa shape index (κ2) is 6.60. The Morgan fingerprint density at radius 1 is 1.19 bits per heavy atom. The van der Waals surface area contributed by atoms with Crippen LogP contribution in [-0.2, 0) is 17.7 Å². The molecule has 0 aromatic heterocycles. The molecule has 2 aromatic rings. The Labute approximate surface area is 133 Å². The van der Waals surface area contributed by atoms with E-state index in [1.807, 2.05) is 24.3 Å². The van der Waals surface area contributed by atoms with E-state index in [1.54, 1.807) is 0 Å². The fourth-order valence-corrected chi connectivity index (χ4v) is 3.17. The van der Waals surface area contributed by atoms with Crippen LogP contribution in [0, 0.1) is 0 Å². The molecular formula is C17H18BrNO2. The van der Waals surface area contributed by atoms with Gasteiger partial charge in [0.05, 0.1) is 11.1 Å². The fraction of sp³-hybridized carbons (Fsp3) is 0.294. The first-order valence-electron chi connectivity index (χ1n) is 7.09. The van der Waals surface area contributed by atoms with E-state index >= 15 is 0 Å². The van der Waals surface area contributed by atoms with Crippen molar-refractivity contribution in [2.24, 2.45) is 5.73 Å². The lowest BCUT2D eigenvalue weighted by atomic mass is 9.98. The van der Waals surface area contributed by atoms with Gasteiger partial charge in [-0.25, -0.2) is 0 Å². The van der Waals surface area contributed by atoms with Crippen LogP contribution in [0.4, 0.5) is 0 Å². The molecule has 1 aliphatic rings. The van der Waals surface area contributed by atoms with Crippen molar-refractivity contribution in [3.8, 4) is 5.75 Å². The Morgan fingerprint density at radius 2 is 2.05 bits per heavy atom. The molecule has 2 aromatic carbocycles. The minimum absolute atomic E-state index is 0.0207. The molecule has 0 bridgehead atoms. The standard InChI is InChI=1S/C17H18BrNO2/c18-15-7-3-5-13(10-19)17(15)21-11-16-14-6-2-1-4-12(14)8-9-20-16/h1-7,16H,8-11,19H2. The molecular weight excluding hydrogens is 330 g/mol. The van der Waals surface area contributed by atoms with Crippen molar-refractivity contribution in [1.82, 2.24) is 0 Å². The third kappa shape index (κ3) is 3.12. The first kappa shape index (κ1) is 14.6. The summed E-state index contributed by atoms with van der Waals surface area (Å²) in [7, 11) is 0. The summed E-state index contributed by atoms with van der Waals surface area (Å²) < 4.78 is 12.8.